The predicted octanol–water partition coefficient (Wildman–Crippen LogP) is 1.17. The Labute approximate surface area is 89.1 Å². The van der Waals surface area contributed by atoms with E-state index in [9.17, 15) is 0 Å². The number of rotatable bonds is 2. The van der Waals surface area contributed by atoms with Crippen molar-refractivity contribution in [3.8, 4) is 0 Å². The molecule has 2 N–H and O–H groups in total. The summed E-state index contributed by atoms with van der Waals surface area (Å²) in [6.07, 6.45) is 2.73. The molecule has 4 nitrogen and oxygen atoms in total. The van der Waals surface area contributed by atoms with Crippen LogP contribution in [0.25, 0.3) is 11.2 Å². The van der Waals surface area contributed by atoms with Gasteiger partial charge in [-0.05, 0) is 31.9 Å². The number of nitrogens with two attached hydrogens (primary N) is 1. The van der Waals surface area contributed by atoms with Crippen LogP contribution >= 0.6 is 0 Å². The van der Waals surface area contributed by atoms with E-state index in [4.69, 9.17) is 5.73 Å². The maximum Gasteiger partial charge on any atom is 0.159 e. The average molecular weight is 204 g/mol. The smallest absolute Gasteiger partial charge is 0.159 e. The van der Waals surface area contributed by atoms with Crippen molar-refractivity contribution in [2.24, 2.45) is 12.8 Å². The minimum Gasteiger partial charge on any atom is -0.328 e. The second kappa shape index (κ2) is 3.62. The third-order valence-electron chi connectivity index (χ3n) is 2.55. The summed E-state index contributed by atoms with van der Waals surface area (Å²) >= 11 is 0. The van der Waals surface area contributed by atoms with Crippen molar-refractivity contribution >= 4 is 11.2 Å². The summed E-state index contributed by atoms with van der Waals surface area (Å²) in [6.45, 7) is 3.97. The van der Waals surface area contributed by atoms with Gasteiger partial charge in [0.25, 0.3) is 0 Å². The molecule has 0 aromatic carbocycles. The first kappa shape index (κ1) is 10.1. The zero-order valence-corrected chi connectivity index (χ0v) is 9.36. The maximum atomic E-state index is 5.75. The van der Waals surface area contributed by atoms with Gasteiger partial charge in [-0.1, -0.05) is 0 Å². The van der Waals surface area contributed by atoms with Crippen molar-refractivity contribution in [2.45, 2.75) is 26.3 Å². The van der Waals surface area contributed by atoms with Gasteiger partial charge >= 0.3 is 0 Å². The number of aryl methyl sites for hydroxylation is 2. The van der Waals surface area contributed by atoms with Crippen LogP contribution in [0.4, 0.5) is 0 Å². The van der Waals surface area contributed by atoms with E-state index in [2.05, 4.69) is 16.0 Å². The summed E-state index contributed by atoms with van der Waals surface area (Å²) in [5, 5.41) is 0. The molecule has 0 fully saturated rings. The van der Waals surface area contributed by atoms with E-state index in [0.29, 0.717) is 0 Å². The maximum absolute atomic E-state index is 5.75. The second-order valence-corrected chi connectivity index (χ2v) is 4.09. The molecule has 0 spiro atoms. The van der Waals surface area contributed by atoms with Gasteiger partial charge in [0.05, 0.1) is 0 Å². The first-order chi connectivity index (χ1) is 7.08. The lowest BCUT2D eigenvalue weighted by atomic mass is 10.1. The molecular weight excluding hydrogens is 188 g/mol. The monoisotopic (exact) mass is 204 g/mol. The summed E-state index contributed by atoms with van der Waals surface area (Å²) in [6, 6.07) is 2.23. The molecule has 0 aliphatic rings. The van der Waals surface area contributed by atoms with Crippen LogP contribution in [0.15, 0.2) is 12.3 Å². The quantitative estimate of drug-likeness (QED) is 0.798. The van der Waals surface area contributed by atoms with Crippen LogP contribution in [0, 0.1) is 6.92 Å². The van der Waals surface area contributed by atoms with Gasteiger partial charge in [-0.15, -0.1) is 0 Å². The normalized spacial score (nSPS) is 13.3. The molecule has 2 heterocycles. The Morgan fingerprint density at radius 1 is 1.53 bits per heavy atom. The third kappa shape index (κ3) is 1.85. The highest BCUT2D eigenvalue weighted by Gasteiger charge is 2.06. The van der Waals surface area contributed by atoms with Crippen molar-refractivity contribution in [1.29, 1.82) is 0 Å². The van der Waals surface area contributed by atoms with Crippen LogP contribution in [0.3, 0.4) is 0 Å². The van der Waals surface area contributed by atoms with Gasteiger partial charge in [0.15, 0.2) is 5.65 Å². The first-order valence-corrected chi connectivity index (χ1v) is 5.11. The molecule has 1 atom stereocenters. The van der Waals surface area contributed by atoms with Crippen molar-refractivity contribution in [2.75, 3.05) is 0 Å². The fraction of sp³-hybridized carbons (Fsp3) is 0.455. The van der Waals surface area contributed by atoms with Crippen molar-refractivity contribution in [3.05, 3.63) is 23.7 Å². The van der Waals surface area contributed by atoms with Crippen LogP contribution in [0.2, 0.25) is 0 Å². The lowest BCUT2D eigenvalue weighted by Gasteiger charge is -2.04. The summed E-state index contributed by atoms with van der Waals surface area (Å²) in [5.74, 6) is 0.982. The third-order valence-corrected chi connectivity index (χ3v) is 2.55. The molecule has 0 aliphatic heterocycles. The molecule has 1 unspecified atom stereocenters. The summed E-state index contributed by atoms with van der Waals surface area (Å²) < 4.78 is 1.99. The summed E-state index contributed by atoms with van der Waals surface area (Å²) in [4.78, 5) is 8.84. The molecule has 0 saturated heterocycles. The van der Waals surface area contributed by atoms with Crippen LogP contribution < -0.4 is 5.73 Å². The topological polar surface area (TPSA) is 56.7 Å². The van der Waals surface area contributed by atoms with Crippen LogP contribution in [0.5, 0.6) is 0 Å². The number of pyridine rings is 1. The van der Waals surface area contributed by atoms with Gasteiger partial charge in [-0.2, -0.15) is 0 Å². The molecule has 2 rings (SSSR count). The molecule has 15 heavy (non-hydrogen) atoms. The lowest BCUT2D eigenvalue weighted by Crippen LogP contribution is -2.17. The van der Waals surface area contributed by atoms with Crippen LogP contribution in [-0.2, 0) is 13.5 Å². The zero-order chi connectivity index (χ0) is 11.0. The van der Waals surface area contributed by atoms with Crippen LogP contribution in [0.1, 0.15) is 18.3 Å². The number of fused-ring (bicyclic) bond motifs is 1. The molecule has 0 amide bonds. The van der Waals surface area contributed by atoms with Gasteiger partial charge in [0.1, 0.15) is 11.3 Å². The Balaban J connectivity index is 2.47. The minimum absolute atomic E-state index is 0.161. The van der Waals surface area contributed by atoms with Gasteiger partial charge in [0, 0.05) is 19.3 Å². The fourth-order valence-corrected chi connectivity index (χ4v) is 1.71. The number of hydrogen-bond acceptors (Lipinski definition) is 3. The highest BCUT2D eigenvalue weighted by Crippen LogP contribution is 2.14. The molecular formula is C11H16N4. The van der Waals surface area contributed by atoms with Gasteiger partial charge < -0.3 is 10.3 Å². The van der Waals surface area contributed by atoms with Gasteiger partial charge in [0.2, 0.25) is 0 Å². The van der Waals surface area contributed by atoms with Crippen molar-refractivity contribution in [3.63, 3.8) is 0 Å². The number of imidazole rings is 1. The van der Waals surface area contributed by atoms with Crippen LogP contribution in [-0.4, -0.2) is 20.6 Å². The second-order valence-electron chi connectivity index (χ2n) is 4.09. The Morgan fingerprint density at radius 2 is 2.27 bits per heavy atom. The summed E-state index contributed by atoms with van der Waals surface area (Å²) in [5.41, 5.74) is 8.78. The number of nitrogens with zero attached hydrogens (tertiary/aromatic N) is 3. The van der Waals surface area contributed by atoms with Crippen molar-refractivity contribution < 1.29 is 0 Å². The Kier molecular flexibility index (Phi) is 2.44. The van der Waals surface area contributed by atoms with E-state index in [1.807, 2.05) is 31.7 Å². The predicted molar refractivity (Wildman–Crippen MR) is 60.6 cm³/mol. The summed E-state index contributed by atoms with van der Waals surface area (Å²) in [7, 11) is 1.98. The lowest BCUT2D eigenvalue weighted by molar-refractivity contribution is 0.736. The molecule has 0 bridgehead atoms. The Morgan fingerprint density at radius 3 is 2.93 bits per heavy atom. The van der Waals surface area contributed by atoms with E-state index in [0.717, 1.165) is 29.0 Å². The van der Waals surface area contributed by atoms with Gasteiger partial charge in [-0.25, -0.2) is 9.97 Å². The number of hydrogen-bond donors (Lipinski definition) is 1. The molecule has 4 heteroatoms. The van der Waals surface area contributed by atoms with E-state index in [1.165, 1.54) is 0 Å². The molecule has 2 aromatic rings. The first-order valence-electron chi connectivity index (χ1n) is 5.11. The fourth-order valence-electron chi connectivity index (χ4n) is 1.71. The molecule has 0 saturated carbocycles. The zero-order valence-electron chi connectivity index (χ0n) is 9.36. The molecule has 2 aromatic heterocycles. The Hall–Kier alpha value is -1.42. The van der Waals surface area contributed by atoms with E-state index >= 15 is 0 Å². The van der Waals surface area contributed by atoms with E-state index < -0.39 is 0 Å². The van der Waals surface area contributed by atoms with E-state index in [1.54, 1.807) is 0 Å². The largest absolute Gasteiger partial charge is 0.328 e. The highest BCUT2D eigenvalue weighted by molar-refractivity contribution is 5.71. The Bertz CT molecular complexity index is 485. The highest BCUT2D eigenvalue weighted by atomic mass is 15.1. The molecule has 0 radical (unpaired) electrons. The standard InChI is InChI=1S/C11H16N4/c1-7(12)4-9-5-10-11(13-6-9)15(3)8(2)14-10/h5-7H,4,12H2,1-3H3. The number of aromatic nitrogens is 3. The van der Waals surface area contributed by atoms with Gasteiger partial charge in [-0.3, -0.25) is 0 Å². The molecule has 80 valence electrons. The van der Waals surface area contributed by atoms with E-state index in [-0.39, 0.29) is 6.04 Å². The molecule has 0 aliphatic carbocycles. The van der Waals surface area contributed by atoms with Crippen molar-refractivity contribution in [1.82, 2.24) is 14.5 Å². The minimum atomic E-state index is 0.161. The SMILES string of the molecule is Cc1nc2cc(CC(C)N)cnc2n1C. The average Bonchev–Trinajstić information content (AvgIpc) is 2.41.